The molecular weight excluding hydrogens is 176 g/mol. The Labute approximate surface area is 85.5 Å². The van der Waals surface area contributed by atoms with Gasteiger partial charge in [0.15, 0.2) is 0 Å². The molecule has 0 fully saturated rings. The number of hydrogen-bond acceptors (Lipinski definition) is 2. The standard InChI is InChI=1S/C12H18O2/c1-4-14-12-7-5-6-11(8-12)9(2)10(3)13/h5-10,13H,4H2,1-3H3/t9-,10+/m1/s1. The first-order valence-electron chi connectivity index (χ1n) is 5.06. The summed E-state index contributed by atoms with van der Waals surface area (Å²) in [6, 6.07) is 7.89. The molecule has 0 saturated heterocycles. The van der Waals surface area contributed by atoms with Crippen LogP contribution in [0.4, 0.5) is 0 Å². The summed E-state index contributed by atoms with van der Waals surface area (Å²) in [5, 5.41) is 9.45. The summed E-state index contributed by atoms with van der Waals surface area (Å²) in [7, 11) is 0. The molecule has 1 aromatic rings. The first-order valence-corrected chi connectivity index (χ1v) is 5.06. The Morgan fingerprint density at radius 2 is 2.07 bits per heavy atom. The van der Waals surface area contributed by atoms with Crippen LogP contribution >= 0.6 is 0 Å². The number of aliphatic hydroxyl groups excluding tert-OH is 1. The van der Waals surface area contributed by atoms with Gasteiger partial charge < -0.3 is 9.84 Å². The van der Waals surface area contributed by atoms with Gasteiger partial charge in [0.25, 0.3) is 0 Å². The monoisotopic (exact) mass is 194 g/mol. The van der Waals surface area contributed by atoms with E-state index in [0.29, 0.717) is 6.61 Å². The normalized spacial score (nSPS) is 14.9. The Hall–Kier alpha value is -1.02. The third-order valence-corrected chi connectivity index (χ3v) is 2.42. The zero-order valence-corrected chi connectivity index (χ0v) is 9.03. The second kappa shape index (κ2) is 5.01. The topological polar surface area (TPSA) is 29.5 Å². The van der Waals surface area contributed by atoms with Crippen molar-refractivity contribution in [3.8, 4) is 5.75 Å². The second-order valence-electron chi connectivity index (χ2n) is 3.53. The minimum absolute atomic E-state index is 0.149. The summed E-state index contributed by atoms with van der Waals surface area (Å²) in [5.41, 5.74) is 1.12. The van der Waals surface area contributed by atoms with Crippen molar-refractivity contribution < 1.29 is 9.84 Å². The molecule has 0 amide bonds. The van der Waals surface area contributed by atoms with Crippen molar-refractivity contribution in [3.05, 3.63) is 29.8 Å². The van der Waals surface area contributed by atoms with Crippen LogP contribution in [0, 0.1) is 0 Å². The maximum atomic E-state index is 9.45. The molecule has 2 heteroatoms. The molecule has 1 rings (SSSR count). The van der Waals surface area contributed by atoms with Gasteiger partial charge in [-0.15, -0.1) is 0 Å². The molecule has 1 aromatic carbocycles. The van der Waals surface area contributed by atoms with Gasteiger partial charge in [-0.3, -0.25) is 0 Å². The van der Waals surface area contributed by atoms with E-state index in [4.69, 9.17) is 4.74 Å². The molecule has 2 atom stereocenters. The summed E-state index contributed by atoms with van der Waals surface area (Å²) >= 11 is 0. The molecule has 2 nitrogen and oxygen atoms in total. The van der Waals surface area contributed by atoms with Crippen molar-refractivity contribution in [2.75, 3.05) is 6.61 Å². The first kappa shape index (κ1) is 11.1. The lowest BCUT2D eigenvalue weighted by Crippen LogP contribution is -2.10. The van der Waals surface area contributed by atoms with Gasteiger partial charge in [0.2, 0.25) is 0 Å². The third kappa shape index (κ3) is 2.74. The molecule has 0 unspecified atom stereocenters. The molecule has 0 bridgehead atoms. The number of benzene rings is 1. The maximum absolute atomic E-state index is 9.45. The van der Waals surface area contributed by atoms with Gasteiger partial charge in [-0.1, -0.05) is 19.1 Å². The van der Waals surface area contributed by atoms with E-state index in [-0.39, 0.29) is 12.0 Å². The van der Waals surface area contributed by atoms with Crippen LogP contribution in [0.3, 0.4) is 0 Å². The van der Waals surface area contributed by atoms with Crippen molar-refractivity contribution in [1.82, 2.24) is 0 Å². The van der Waals surface area contributed by atoms with Gasteiger partial charge in [-0.25, -0.2) is 0 Å². The lowest BCUT2D eigenvalue weighted by Gasteiger charge is -2.15. The van der Waals surface area contributed by atoms with E-state index in [1.54, 1.807) is 6.92 Å². The number of hydrogen-bond donors (Lipinski definition) is 1. The average molecular weight is 194 g/mol. The van der Waals surface area contributed by atoms with Crippen LogP contribution in [0.25, 0.3) is 0 Å². The van der Waals surface area contributed by atoms with E-state index in [0.717, 1.165) is 11.3 Å². The predicted molar refractivity (Wildman–Crippen MR) is 57.7 cm³/mol. The van der Waals surface area contributed by atoms with Crippen molar-refractivity contribution >= 4 is 0 Å². The molecule has 1 N–H and O–H groups in total. The highest BCUT2D eigenvalue weighted by Gasteiger charge is 2.11. The molecule has 0 aromatic heterocycles. The SMILES string of the molecule is CCOc1cccc([C@H](C)[C@H](C)O)c1. The van der Waals surface area contributed by atoms with E-state index in [2.05, 4.69) is 0 Å². The number of aliphatic hydroxyl groups is 1. The summed E-state index contributed by atoms with van der Waals surface area (Å²) in [5.74, 6) is 1.02. The van der Waals surface area contributed by atoms with Crippen molar-refractivity contribution in [2.45, 2.75) is 32.8 Å². The molecule has 0 radical (unpaired) electrons. The molecule has 0 spiro atoms. The van der Waals surface area contributed by atoms with Gasteiger partial charge in [0.1, 0.15) is 5.75 Å². The molecule has 0 aliphatic rings. The maximum Gasteiger partial charge on any atom is 0.119 e. The number of ether oxygens (including phenoxy) is 1. The van der Waals surface area contributed by atoms with Crippen LogP contribution in [0.2, 0.25) is 0 Å². The zero-order valence-electron chi connectivity index (χ0n) is 9.03. The van der Waals surface area contributed by atoms with Crippen molar-refractivity contribution in [1.29, 1.82) is 0 Å². The minimum atomic E-state index is -0.327. The van der Waals surface area contributed by atoms with E-state index in [1.807, 2.05) is 38.1 Å². The predicted octanol–water partition coefficient (Wildman–Crippen LogP) is 2.57. The Morgan fingerprint density at radius 1 is 1.36 bits per heavy atom. The van der Waals surface area contributed by atoms with Gasteiger partial charge in [-0.05, 0) is 31.5 Å². The average Bonchev–Trinajstić information content (AvgIpc) is 2.17. The fourth-order valence-electron chi connectivity index (χ4n) is 1.33. The highest BCUT2D eigenvalue weighted by molar-refractivity contribution is 5.31. The lowest BCUT2D eigenvalue weighted by molar-refractivity contribution is 0.169. The quantitative estimate of drug-likeness (QED) is 0.798. The smallest absolute Gasteiger partial charge is 0.119 e. The van der Waals surface area contributed by atoms with Crippen LogP contribution in [-0.2, 0) is 0 Å². The highest BCUT2D eigenvalue weighted by atomic mass is 16.5. The Morgan fingerprint density at radius 3 is 2.64 bits per heavy atom. The van der Waals surface area contributed by atoms with Crippen molar-refractivity contribution in [3.63, 3.8) is 0 Å². The lowest BCUT2D eigenvalue weighted by atomic mass is 9.96. The van der Waals surface area contributed by atoms with Gasteiger partial charge in [0, 0.05) is 5.92 Å². The summed E-state index contributed by atoms with van der Waals surface area (Å²) in [6.45, 7) is 6.45. The van der Waals surface area contributed by atoms with Crippen molar-refractivity contribution in [2.24, 2.45) is 0 Å². The summed E-state index contributed by atoms with van der Waals surface area (Å²) < 4.78 is 5.39. The first-order chi connectivity index (χ1) is 6.65. The van der Waals surface area contributed by atoms with Crippen LogP contribution in [0.1, 0.15) is 32.3 Å². The third-order valence-electron chi connectivity index (χ3n) is 2.42. The molecular formula is C12H18O2. The molecule has 78 valence electrons. The Kier molecular flexibility index (Phi) is 3.96. The fraction of sp³-hybridized carbons (Fsp3) is 0.500. The van der Waals surface area contributed by atoms with E-state index in [1.165, 1.54) is 0 Å². The minimum Gasteiger partial charge on any atom is -0.494 e. The van der Waals surface area contributed by atoms with Gasteiger partial charge in [-0.2, -0.15) is 0 Å². The fourth-order valence-corrected chi connectivity index (χ4v) is 1.33. The molecule has 14 heavy (non-hydrogen) atoms. The molecule has 0 aliphatic heterocycles. The van der Waals surface area contributed by atoms with E-state index in [9.17, 15) is 5.11 Å². The van der Waals surface area contributed by atoms with E-state index >= 15 is 0 Å². The Balaban J connectivity index is 2.82. The molecule has 0 saturated carbocycles. The van der Waals surface area contributed by atoms with Gasteiger partial charge in [0.05, 0.1) is 12.7 Å². The van der Waals surface area contributed by atoms with Crippen LogP contribution in [0.15, 0.2) is 24.3 Å². The van der Waals surface area contributed by atoms with E-state index < -0.39 is 0 Å². The zero-order chi connectivity index (χ0) is 10.6. The summed E-state index contributed by atoms with van der Waals surface area (Å²) in [6.07, 6.45) is -0.327. The summed E-state index contributed by atoms with van der Waals surface area (Å²) in [4.78, 5) is 0. The Bertz CT molecular complexity index is 281. The highest BCUT2D eigenvalue weighted by Crippen LogP contribution is 2.23. The van der Waals surface area contributed by atoms with Gasteiger partial charge >= 0.3 is 0 Å². The van der Waals surface area contributed by atoms with Crippen LogP contribution < -0.4 is 4.74 Å². The molecule has 0 heterocycles. The largest absolute Gasteiger partial charge is 0.494 e. The second-order valence-corrected chi connectivity index (χ2v) is 3.53. The number of rotatable bonds is 4. The molecule has 0 aliphatic carbocycles. The van der Waals surface area contributed by atoms with Crippen LogP contribution in [-0.4, -0.2) is 17.8 Å². The van der Waals surface area contributed by atoms with Crippen LogP contribution in [0.5, 0.6) is 5.75 Å².